The molecule has 118 valence electrons. The Bertz CT molecular complexity index is 821. The van der Waals surface area contributed by atoms with Gasteiger partial charge in [0.05, 0.1) is 6.21 Å². The lowest BCUT2D eigenvalue weighted by atomic mass is 10.2. The maximum Gasteiger partial charge on any atom is 0.263 e. The van der Waals surface area contributed by atoms with E-state index in [1.807, 2.05) is 6.07 Å². The Labute approximate surface area is 129 Å². The van der Waals surface area contributed by atoms with E-state index in [0.29, 0.717) is 27.6 Å². The van der Waals surface area contributed by atoms with Crippen molar-refractivity contribution >= 4 is 12.2 Å². The topological polar surface area (TPSA) is 144 Å². The molecule has 2 N–H and O–H groups in total. The molecule has 23 heavy (non-hydrogen) atoms. The summed E-state index contributed by atoms with van der Waals surface area (Å²) in [5, 5.41) is 29.5. The summed E-state index contributed by atoms with van der Waals surface area (Å²) in [5.74, 6) is 0.579. The Hall–Kier alpha value is -3.50. The molecule has 2 aromatic heterocycles. The van der Waals surface area contributed by atoms with Crippen molar-refractivity contribution < 1.29 is 14.3 Å². The summed E-state index contributed by atoms with van der Waals surface area (Å²) >= 11 is 0. The quantitative estimate of drug-likeness (QED) is 0.496. The molecule has 0 saturated carbocycles. The average Bonchev–Trinajstić information content (AvgIpc) is 3.10. The molecule has 0 amide bonds. The van der Waals surface area contributed by atoms with Crippen LogP contribution in [0.2, 0.25) is 0 Å². The highest BCUT2D eigenvalue weighted by atomic mass is 16.8. The Kier molecular flexibility index (Phi) is 3.82. The van der Waals surface area contributed by atoms with E-state index in [-0.39, 0.29) is 12.6 Å². The van der Waals surface area contributed by atoms with E-state index in [0.717, 1.165) is 4.79 Å². The fourth-order valence-electron chi connectivity index (χ4n) is 1.74. The molecule has 0 atom stereocenters. The van der Waals surface area contributed by atoms with Crippen molar-refractivity contribution in [3.8, 4) is 5.75 Å². The van der Waals surface area contributed by atoms with Gasteiger partial charge in [-0.05, 0) is 27.5 Å². The number of benzene rings is 1. The highest BCUT2D eigenvalue weighted by molar-refractivity contribution is 5.83. The molecule has 3 aromatic rings. The third-order valence-electron chi connectivity index (χ3n) is 2.96. The number of hydrogen-bond donors (Lipinski definition) is 1. The fourth-order valence-corrected chi connectivity index (χ4v) is 1.74. The van der Waals surface area contributed by atoms with Crippen molar-refractivity contribution in [2.24, 2.45) is 5.10 Å². The number of tetrazole rings is 1. The molecule has 0 aliphatic rings. The summed E-state index contributed by atoms with van der Waals surface area (Å²) in [6.45, 7) is 1.67. The molecule has 0 saturated heterocycles. The zero-order valence-electron chi connectivity index (χ0n) is 12.0. The molecule has 11 heteroatoms. The first-order chi connectivity index (χ1) is 11.1. The van der Waals surface area contributed by atoms with Gasteiger partial charge in [0.25, 0.3) is 5.95 Å². The maximum atomic E-state index is 11.4. The van der Waals surface area contributed by atoms with Gasteiger partial charge in [-0.15, -0.1) is 0 Å². The number of para-hydroxylation sites is 1. The van der Waals surface area contributed by atoms with Crippen LogP contribution in [-0.2, 0) is 6.61 Å². The van der Waals surface area contributed by atoms with Crippen LogP contribution in [0.1, 0.15) is 17.0 Å². The third-order valence-corrected chi connectivity index (χ3v) is 2.96. The SMILES string of the molecule is Cc1no[n+]([O-])c1COc1ccccc1C=Nn1nnnc1N. The Morgan fingerprint density at radius 1 is 1.48 bits per heavy atom. The number of nitrogen functional groups attached to an aromatic ring is 1. The van der Waals surface area contributed by atoms with Crippen LogP contribution in [0.15, 0.2) is 34.0 Å². The summed E-state index contributed by atoms with van der Waals surface area (Å²) in [7, 11) is 0. The van der Waals surface area contributed by atoms with Gasteiger partial charge in [-0.1, -0.05) is 22.0 Å². The van der Waals surface area contributed by atoms with Crippen molar-refractivity contribution in [3.63, 3.8) is 0 Å². The summed E-state index contributed by atoms with van der Waals surface area (Å²) in [4.78, 5) is 1.39. The molecule has 2 heterocycles. The van der Waals surface area contributed by atoms with E-state index in [1.54, 1.807) is 25.1 Å². The number of rotatable bonds is 5. The summed E-state index contributed by atoms with van der Waals surface area (Å²) in [5.41, 5.74) is 6.95. The number of nitrogens with two attached hydrogens (primary N) is 1. The van der Waals surface area contributed by atoms with Crippen LogP contribution >= 0.6 is 0 Å². The van der Waals surface area contributed by atoms with Gasteiger partial charge in [0.1, 0.15) is 5.75 Å². The smallest absolute Gasteiger partial charge is 0.263 e. The van der Waals surface area contributed by atoms with Crippen LogP contribution in [0.4, 0.5) is 5.95 Å². The number of ether oxygens (including phenoxy) is 1. The lowest BCUT2D eigenvalue weighted by Crippen LogP contribution is -2.29. The largest absolute Gasteiger partial charge is 0.484 e. The van der Waals surface area contributed by atoms with Crippen LogP contribution in [0.5, 0.6) is 5.75 Å². The van der Waals surface area contributed by atoms with Crippen LogP contribution in [0.3, 0.4) is 0 Å². The predicted molar refractivity (Wildman–Crippen MR) is 76.2 cm³/mol. The molecule has 0 aliphatic heterocycles. The summed E-state index contributed by atoms with van der Waals surface area (Å²) < 4.78 is 10.1. The normalized spacial score (nSPS) is 11.2. The molecule has 11 nitrogen and oxygen atoms in total. The molecule has 0 spiro atoms. The molecule has 1 aromatic carbocycles. The van der Waals surface area contributed by atoms with Gasteiger partial charge in [-0.3, -0.25) is 4.63 Å². The monoisotopic (exact) mass is 316 g/mol. The average molecular weight is 316 g/mol. The van der Waals surface area contributed by atoms with Crippen molar-refractivity contribution in [2.75, 3.05) is 5.73 Å². The van der Waals surface area contributed by atoms with Gasteiger partial charge >= 0.3 is 0 Å². The van der Waals surface area contributed by atoms with Crippen molar-refractivity contribution in [2.45, 2.75) is 13.5 Å². The molecule has 0 fully saturated rings. The van der Waals surface area contributed by atoms with E-state index in [9.17, 15) is 5.21 Å². The third kappa shape index (κ3) is 3.07. The van der Waals surface area contributed by atoms with E-state index in [2.05, 4.69) is 30.4 Å². The van der Waals surface area contributed by atoms with Gasteiger partial charge in [0.2, 0.25) is 11.4 Å². The molecule has 0 radical (unpaired) electrons. The highest BCUT2D eigenvalue weighted by Crippen LogP contribution is 2.17. The maximum absolute atomic E-state index is 11.4. The second kappa shape index (κ2) is 6.09. The van der Waals surface area contributed by atoms with E-state index in [1.165, 1.54) is 6.21 Å². The highest BCUT2D eigenvalue weighted by Gasteiger charge is 2.15. The fraction of sp³-hybridized carbons (Fsp3) is 0.167. The van der Waals surface area contributed by atoms with Gasteiger partial charge in [0, 0.05) is 17.6 Å². The lowest BCUT2D eigenvalue weighted by molar-refractivity contribution is -0.808. The van der Waals surface area contributed by atoms with Crippen LogP contribution in [0.25, 0.3) is 0 Å². The minimum Gasteiger partial charge on any atom is -0.484 e. The van der Waals surface area contributed by atoms with Crippen LogP contribution < -0.4 is 15.4 Å². The molecule has 0 unspecified atom stereocenters. The van der Waals surface area contributed by atoms with Crippen molar-refractivity contribution in [1.29, 1.82) is 0 Å². The number of aromatic nitrogens is 6. The zero-order valence-corrected chi connectivity index (χ0v) is 12.0. The number of nitrogens with zero attached hydrogens (tertiary/aromatic N) is 7. The second-order valence-electron chi connectivity index (χ2n) is 4.46. The molecular weight excluding hydrogens is 304 g/mol. The standard InChI is InChI=1S/C12H12N8O3/c1-8-10(20(21)23-16-8)7-22-11-5-3-2-4-9(11)6-14-19-12(13)15-17-18-19/h2-6H,7H2,1H3,(H2,13,15,18). The number of aryl methyl sites for hydroxylation is 1. The van der Waals surface area contributed by atoms with Crippen molar-refractivity contribution in [1.82, 2.24) is 25.5 Å². The Balaban J connectivity index is 1.78. The van der Waals surface area contributed by atoms with Crippen molar-refractivity contribution in [3.05, 3.63) is 46.4 Å². The van der Waals surface area contributed by atoms with Crippen LogP contribution in [-0.4, -0.2) is 31.7 Å². The first-order valence-corrected chi connectivity index (χ1v) is 6.50. The van der Waals surface area contributed by atoms with Gasteiger partial charge in [-0.2, -0.15) is 5.10 Å². The Morgan fingerprint density at radius 2 is 2.30 bits per heavy atom. The van der Waals surface area contributed by atoms with Gasteiger partial charge < -0.3 is 15.7 Å². The molecule has 0 aliphatic carbocycles. The predicted octanol–water partition coefficient (Wildman–Crippen LogP) is -0.354. The first kappa shape index (κ1) is 14.4. The first-order valence-electron chi connectivity index (χ1n) is 6.50. The van der Waals surface area contributed by atoms with Gasteiger partial charge in [0.15, 0.2) is 6.61 Å². The molecular formula is C12H12N8O3. The summed E-state index contributed by atoms with van der Waals surface area (Å²) in [6.07, 6.45) is 1.49. The van der Waals surface area contributed by atoms with E-state index in [4.69, 9.17) is 10.5 Å². The molecule has 0 bridgehead atoms. The van der Waals surface area contributed by atoms with Crippen LogP contribution in [0, 0.1) is 12.1 Å². The van der Waals surface area contributed by atoms with E-state index < -0.39 is 0 Å². The minimum atomic E-state index is 0.0106. The minimum absolute atomic E-state index is 0.0106. The second-order valence-corrected chi connectivity index (χ2v) is 4.46. The Morgan fingerprint density at radius 3 is 3.00 bits per heavy atom. The lowest BCUT2D eigenvalue weighted by Gasteiger charge is -2.07. The number of anilines is 1. The van der Waals surface area contributed by atoms with E-state index >= 15 is 0 Å². The zero-order chi connectivity index (χ0) is 16.2. The molecule has 3 rings (SSSR count). The number of hydrogen-bond acceptors (Lipinski definition) is 9. The van der Waals surface area contributed by atoms with Gasteiger partial charge in [-0.25, -0.2) is 0 Å². The summed E-state index contributed by atoms with van der Waals surface area (Å²) in [6, 6.07) is 7.13.